The van der Waals surface area contributed by atoms with Crippen LogP contribution in [0.2, 0.25) is 0 Å². The van der Waals surface area contributed by atoms with Crippen LogP contribution in [-0.2, 0) is 9.59 Å². The number of H-pyrrole nitrogens is 2. The van der Waals surface area contributed by atoms with E-state index in [9.17, 15) is 9.59 Å². The van der Waals surface area contributed by atoms with Gasteiger partial charge in [0.25, 0.3) is 0 Å². The summed E-state index contributed by atoms with van der Waals surface area (Å²) in [5.41, 5.74) is 4.66. The maximum absolute atomic E-state index is 12.7. The van der Waals surface area contributed by atoms with Gasteiger partial charge in [-0.1, -0.05) is 35.7 Å². The number of fused-ring (bicyclic) bond motifs is 3. The molecule has 0 aliphatic heterocycles. The summed E-state index contributed by atoms with van der Waals surface area (Å²) < 4.78 is 10.5. The molecule has 212 valence electrons. The third-order valence-electron chi connectivity index (χ3n) is 6.42. The molecule has 4 aromatic carbocycles. The number of imidazole rings is 2. The highest BCUT2D eigenvalue weighted by atomic mass is 32.2. The van der Waals surface area contributed by atoms with Crippen molar-refractivity contribution in [2.75, 3.05) is 36.4 Å². The van der Waals surface area contributed by atoms with Crippen LogP contribution < -0.4 is 20.1 Å². The molecule has 0 aliphatic rings. The summed E-state index contributed by atoms with van der Waals surface area (Å²) in [6.45, 7) is 0. The fourth-order valence-corrected chi connectivity index (χ4v) is 5.76. The van der Waals surface area contributed by atoms with Crippen LogP contribution in [0.15, 0.2) is 83.1 Å². The van der Waals surface area contributed by atoms with Crippen molar-refractivity contribution in [1.29, 1.82) is 0 Å². The molecule has 0 saturated carbocycles. The standard InChI is InChI=1S/C30H26N6O4S2/c1-39-21-7-9-23-25(13-21)35-29(33-23)41-15-27(37)31-19-5-3-17-4-6-20(12-18(17)11-19)32-28(38)16-42-30-34-24-10-8-22(40-2)14-26(24)36-30/h3-14H,15-16H2,1-2H3,(H,31,37)(H,32,38)(H,33,35)(H,34,36). The minimum Gasteiger partial charge on any atom is -0.497 e. The van der Waals surface area contributed by atoms with Crippen molar-refractivity contribution in [2.24, 2.45) is 0 Å². The van der Waals surface area contributed by atoms with Crippen LogP contribution in [0.1, 0.15) is 0 Å². The van der Waals surface area contributed by atoms with E-state index in [4.69, 9.17) is 9.47 Å². The molecule has 42 heavy (non-hydrogen) atoms. The molecule has 0 unspecified atom stereocenters. The van der Waals surface area contributed by atoms with Crippen molar-refractivity contribution in [3.63, 3.8) is 0 Å². The Morgan fingerprint density at radius 1 is 0.667 bits per heavy atom. The minimum atomic E-state index is -0.150. The summed E-state index contributed by atoms with van der Waals surface area (Å²) >= 11 is 2.65. The van der Waals surface area contributed by atoms with Crippen LogP contribution in [0, 0.1) is 0 Å². The molecule has 0 atom stereocenters. The van der Waals surface area contributed by atoms with Crippen molar-refractivity contribution in [3.05, 3.63) is 72.8 Å². The highest BCUT2D eigenvalue weighted by Crippen LogP contribution is 2.26. The molecule has 0 bridgehead atoms. The highest BCUT2D eigenvalue weighted by molar-refractivity contribution is 8.00. The number of hydrogen-bond donors (Lipinski definition) is 4. The quantitative estimate of drug-likeness (QED) is 0.140. The zero-order valence-electron chi connectivity index (χ0n) is 22.7. The Labute approximate surface area is 249 Å². The number of ether oxygens (including phenoxy) is 2. The molecule has 6 aromatic rings. The number of aromatic amines is 2. The first-order chi connectivity index (χ1) is 20.4. The number of thioether (sulfide) groups is 2. The molecular weight excluding hydrogens is 573 g/mol. The van der Waals surface area contributed by atoms with Gasteiger partial charge in [0, 0.05) is 23.5 Å². The number of anilines is 2. The van der Waals surface area contributed by atoms with Crippen molar-refractivity contribution in [1.82, 2.24) is 19.9 Å². The van der Waals surface area contributed by atoms with Crippen LogP contribution in [0.25, 0.3) is 32.8 Å². The van der Waals surface area contributed by atoms with E-state index in [-0.39, 0.29) is 23.3 Å². The largest absolute Gasteiger partial charge is 0.497 e. The van der Waals surface area contributed by atoms with E-state index in [1.807, 2.05) is 72.8 Å². The van der Waals surface area contributed by atoms with Crippen molar-refractivity contribution in [3.8, 4) is 11.5 Å². The Morgan fingerprint density at radius 3 is 1.60 bits per heavy atom. The topological polar surface area (TPSA) is 134 Å². The Bertz CT molecular complexity index is 1800. The molecule has 2 amide bonds. The molecular formula is C30H26N6O4S2. The second-order valence-electron chi connectivity index (χ2n) is 9.30. The Morgan fingerprint density at radius 2 is 1.14 bits per heavy atom. The molecule has 2 aromatic heterocycles. The lowest BCUT2D eigenvalue weighted by molar-refractivity contribution is -0.114. The predicted octanol–water partition coefficient (Wildman–Crippen LogP) is 6.07. The number of carbonyl (C=O) groups is 2. The van der Waals surface area contributed by atoms with Crippen LogP contribution in [-0.4, -0.2) is 57.5 Å². The molecule has 0 saturated heterocycles. The van der Waals surface area contributed by atoms with Gasteiger partial charge in [0.15, 0.2) is 10.3 Å². The Kier molecular flexibility index (Phi) is 7.89. The third-order valence-corrected chi connectivity index (χ3v) is 8.17. The molecule has 2 heterocycles. The number of nitrogens with zero attached hydrogens (tertiary/aromatic N) is 2. The summed E-state index contributed by atoms with van der Waals surface area (Å²) in [6.07, 6.45) is 0. The lowest BCUT2D eigenvalue weighted by atomic mass is 10.1. The van der Waals surface area contributed by atoms with Gasteiger partial charge in [0.05, 0.1) is 47.8 Å². The zero-order chi connectivity index (χ0) is 29.1. The summed E-state index contributed by atoms with van der Waals surface area (Å²) in [6, 6.07) is 22.5. The van der Waals surface area contributed by atoms with Crippen molar-refractivity contribution in [2.45, 2.75) is 10.3 Å². The van der Waals surface area contributed by atoms with Crippen molar-refractivity contribution < 1.29 is 19.1 Å². The first-order valence-corrected chi connectivity index (χ1v) is 14.9. The third kappa shape index (κ3) is 6.29. The maximum Gasteiger partial charge on any atom is 0.234 e. The van der Waals surface area contributed by atoms with E-state index < -0.39 is 0 Å². The van der Waals surface area contributed by atoms with E-state index >= 15 is 0 Å². The van der Waals surface area contributed by atoms with E-state index in [0.717, 1.165) is 44.3 Å². The van der Waals surface area contributed by atoms with E-state index in [0.29, 0.717) is 21.7 Å². The molecule has 0 spiro atoms. The number of rotatable bonds is 10. The normalized spacial score (nSPS) is 11.2. The minimum absolute atomic E-state index is 0.150. The zero-order valence-corrected chi connectivity index (χ0v) is 24.3. The average molecular weight is 599 g/mol. The molecule has 0 aliphatic carbocycles. The summed E-state index contributed by atoms with van der Waals surface area (Å²) in [5, 5.41) is 9.09. The molecule has 0 fully saturated rings. The first kappa shape index (κ1) is 27.5. The van der Waals surface area contributed by atoms with E-state index in [1.165, 1.54) is 23.5 Å². The highest BCUT2D eigenvalue weighted by Gasteiger charge is 2.11. The second-order valence-corrected chi connectivity index (χ2v) is 11.2. The van der Waals surface area contributed by atoms with E-state index in [1.54, 1.807) is 14.2 Å². The van der Waals surface area contributed by atoms with Gasteiger partial charge in [0.2, 0.25) is 11.8 Å². The smallest absolute Gasteiger partial charge is 0.234 e. The number of benzene rings is 4. The lowest BCUT2D eigenvalue weighted by Gasteiger charge is -2.09. The second kappa shape index (κ2) is 12.0. The Hall–Kier alpha value is -4.68. The molecule has 10 nitrogen and oxygen atoms in total. The van der Waals surface area contributed by atoms with Crippen molar-refractivity contribution >= 4 is 79.6 Å². The number of nitrogens with one attached hydrogen (secondary N) is 4. The lowest BCUT2D eigenvalue weighted by Crippen LogP contribution is -2.14. The van der Waals surface area contributed by atoms with Gasteiger partial charge in [-0.25, -0.2) is 9.97 Å². The monoisotopic (exact) mass is 598 g/mol. The number of methoxy groups -OCH3 is 2. The first-order valence-electron chi connectivity index (χ1n) is 12.9. The van der Waals surface area contributed by atoms with Crippen LogP contribution in [0.5, 0.6) is 11.5 Å². The van der Waals surface area contributed by atoms with Crippen LogP contribution in [0.3, 0.4) is 0 Å². The summed E-state index contributed by atoms with van der Waals surface area (Å²) in [4.78, 5) is 40.8. The van der Waals surface area contributed by atoms with Gasteiger partial charge >= 0.3 is 0 Å². The molecule has 12 heteroatoms. The summed E-state index contributed by atoms with van der Waals surface area (Å²) in [7, 11) is 3.23. The predicted molar refractivity (Wildman–Crippen MR) is 168 cm³/mol. The summed E-state index contributed by atoms with van der Waals surface area (Å²) in [5.74, 6) is 1.57. The van der Waals surface area contributed by atoms with Gasteiger partial charge in [0.1, 0.15) is 11.5 Å². The number of aromatic nitrogens is 4. The van der Waals surface area contributed by atoms with Gasteiger partial charge in [-0.05, 0) is 59.3 Å². The number of amides is 2. The maximum atomic E-state index is 12.7. The fraction of sp³-hybridized carbons (Fsp3) is 0.133. The molecule has 4 N–H and O–H groups in total. The fourth-order valence-electron chi connectivity index (χ4n) is 4.39. The van der Waals surface area contributed by atoms with Crippen LogP contribution >= 0.6 is 23.5 Å². The number of hydrogen-bond acceptors (Lipinski definition) is 8. The average Bonchev–Trinajstić information content (AvgIpc) is 3.61. The SMILES string of the molecule is COc1ccc2nc(SCC(=O)Nc3ccc4ccc(NC(=O)CSc5nc6ccc(OC)cc6[nH]5)cc4c3)[nH]c2c1. The van der Waals surface area contributed by atoms with Gasteiger partial charge in [-0.15, -0.1) is 0 Å². The van der Waals surface area contributed by atoms with Gasteiger partial charge in [-0.2, -0.15) is 0 Å². The van der Waals surface area contributed by atoms with Gasteiger partial charge in [-0.3, -0.25) is 9.59 Å². The van der Waals surface area contributed by atoms with E-state index in [2.05, 4.69) is 30.6 Å². The Balaban J connectivity index is 1.04. The molecule has 0 radical (unpaired) electrons. The molecule has 6 rings (SSSR count). The van der Waals surface area contributed by atoms with Gasteiger partial charge < -0.3 is 30.1 Å². The number of carbonyl (C=O) groups excluding carboxylic acids is 2. The van der Waals surface area contributed by atoms with Crippen LogP contribution in [0.4, 0.5) is 11.4 Å².